The molecule has 3 aromatic rings. The summed E-state index contributed by atoms with van der Waals surface area (Å²) in [5, 5.41) is 1.85. The molecule has 0 saturated carbocycles. The predicted molar refractivity (Wildman–Crippen MR) is 87.5 cm³/mol. The summed E-state index contributed by atoms with van der Waals surface area (Å²) in [5.74, 6) is 0.621. The van der Waals surface area contributed by atoms with E-state index in [0.717, 1.165) is 25.7 Å². The van der Waals surface area contributed by atoms with Crippen molar-refractivity contribution in [2.45, 2.75) is 10.6 Å². The SMILES string of the molecule is Nc1cc(Br)ccc1SCc1cc(=O)n2ccsc2n1. The zero-order chi connectivity index (χ0) is 14.1. The predicted octanol–water partition coefficient (Wildman–Crippen LogP) is 3.39. The van der Waals surface area contributed by atoms with Gasteiger partial charge in [0.25, 0.3) is 5.56 Å². The smallest absolute Gasteiger partial charge is 0.258 e. The summed E-state index contributed by atoms with van der Waals surface area (Å²) in [7, 11) is 0. The van der Waals surface area contributed by atoms with Gasteiger partial charge in [-0.3, -0.25) is 9.20 Å². The van der Waals surface area contributed by atoms with Crippen LogP contribution in [0, 0.1) is 0 Å². The molecule has 7 heteroatoms. The van der Waals surface area contributed by atoms with Crippen LogP contribution in [0.5, 0.6) is 0 Å². The van der Waals surface area contributed by atoms with Gasteiger partial charge in [0.15, 0.2) is 4.96 Å². The number of fused-ring (bicyclic) bond motifs is 1. The molecular weight excluding hydrogens is 358 g/mol. The molecule has 2 heterocycles. The maximum atomic E-state index is 11.9. The minimum Gasteiger partial charge on any atom is -0.398 e. The van der Waals surface area contributed by atoms with Crippen LogP contribution < -0.4 is 11.3 Å². The zero-order valence-electron chi connectivity index (χ0n) is 10.2. The fourth-order valence-corrected chi connectivity index (χ4v) is 3.72. The number of nitrogens with zero attached hydrogens (tertiary/aromatic N) is 2. The molecule has 0 fully saturated rings. The molecule has 102 valence electrons. The first-order chi connectivity index (χ1) is 9.63. The summed E-state index contributed by atoms with van der Waals surface area (Å²) in [6.45, 7) is 0. The Morgan fingerprint density at radius 3 is 3.05 bits per heavy atom. The van der Waals surface area contributed by atoms with Crippen molar-refractivity contribution < 1.29 is 0 Å². The summed E-state index contributed by atoms with van der Waals surface area (Å²) < 4.78 is 2.50. The number of aromatic nitrogens is 2. The van der Waals surface area contributed by atoms with Gasteiger partial charge in [-0.15, -0.1) is 23.1 Å². The Hall–Kier alpha value is -1.31. The van der Waals surface area contributed by atoms with E-state index in [4.69, 9.17) is 5.73 Å². The molecule has 0 spiro atoms. The second-order valence-electron chi connectivity index (χ2n) is 4.11. The molecule has 0 saturated heterocycles. The molecule has 0 radical (unpaired) electrons. The molecule has 0 unspecified atom stereocenters. The second-order valence-corrected chi connectivity index (χ2v) is 6.92. The van der Waals surface area contributed by atoms with Gasteiger partial charge in [-0.05, 0) is 18.2 Å². The van der Waals surface area contributed by atoms with Crippen LogP contribution in [0.15, 0.2) is 50.0 Å². The fraction of sp³-hybridized carbons (Fsp3) is 0.0769. The number of hydrogen-bond donors (Lipinski definition) is 1. The number of benzene rings is 1. The van der Waals surface area contributed by atoms with Crippen molar-refractivity contribution in [3.63, 3.8) is 0 Å². The van der Waals surface area contributed by atoms with Crippen LogP contribution in [0.3, 0.4) is 0 Å². The molecule has 0 aliphatic heterocycles. The highest BCUT2D eigenvalue weighted by Gasteiger charge is 2.06. The van der Waals surface area contributed by atoms with Gasteiger partial charge in [-0.25, -0.2) is 4.98 Å². The third kappa shape index (κ3) is 2.74. The van der Waals surface area contributed by atoms with Crippen molar-refractivity contribution in [3.8, 4) is 0 Å². The molecule has 20 heavy (non-hydrogen) atoms. The lowest BCUT2D eigenvalue weighted by atomic mass is 10.3. The average Bonchev–Trinajstić information content (AvgIpc) is 2.86. The first-order valence-corrected chi connectivity index (χ1v) is 8.43. The molecule has 2 aromatic heterocycles. The highest BCUT2D eigenvalue weighted by atomic mass is 79.9. The molecular formula is C13H10BrN3OS2. The maximum Gasteiger partial charge on any atom is 0.258 e. The van der Waals surface area contributed by atoms with Crippen LogP contribution in [-0.2, 0) is 5.75 Å². The molecule has 0 atom stereocenters. The third-order valence-electron chi connectivity index (χ3n) is 2.70. The summed E-state index contributed by atoms with van der Waals surface area (Å²) in [4.78, 5) is 18.0. The van der Waals surface area contributed by atoms with Crippen molar-refractivity contribution in [1.82, 2.24) is 9.38 Å². The van der Waals surface area contributed by atoms with Crippen LogP contribution in [0.1, 0.15) is 5.69 Å². The van der Waals surface area contributed by atoms with Crippen LogP contribution in [0.2, 0.25) is 0 Å². The van der Waals surface area contributed by atoms with E-state index in [1.807, 2.05) is 23.6 Å². The Morgan fingerprint density at radius 1 is 1.40 bits per heavy atom. The Balaban J connectivity index is 1.84. The summed E-state index contributed by atoms with van der Waals surface area (Å²) in [5.41, 5.74) is 7.40. The number of halogens is 1. The van der Waals surface area contributed by atoms with E-state index in [0.29, 0.717) is 5.75 Å². The highest BCUT2D eigenvalue weighted by Crippen LogP contribution is 2.29. The van der Waals surface area contributed by atoms with E-state index in [1.54, 1.807) is 28.4 Å². The maximum absolute atomic E-state index is 11.9. The number of thiazole rings is 1. The molecule has 4 nitrogen and oxygen atoms in total. The molecule has 3 rings (SSSR count). The Bertz CT molecular complexity index is 828. The molecule has 0 bridgehead atoms. The Kier molecular flexibility index (Phi) is 3.82. The number of thioether (sulfide) groups is 1. The van der Waals surface area contributed by atoms with Gasteiger partial charge in [0.2, 0.25) is 0 Å². The van der Waals surface area contributed by atoms with E-state index in [1.165, 1.54) is 11.3 Å². The van der Waals surface area contributed by atoms with Crippen LogP contribution in [-0.4, -0.2) is 9.38 Å². The summed E-state index contributed by atoms with van der Waals surface area (Å²) in [6.07, 6.45) is 1.74. The molecule has 0 amide bonds. The quantitative estimate of drug-likeness (QED) is 0.569. The monoisotopic (exact) mass is 367 g/mol. The second kappa shape index (κ2) is 5.59. The molecule has 0 aliphatic carbocycles. The summed E-state index contributed by atoms with van der Waals surface area (Å²) in [6, 6.07) is 7.35. The minimum absolute atomic E-state index is 0.0457. The van der Waals surface area contributed by atoms with Crippen molar-refractivity contribution in [2.75, 3.05) is 5.73 Å². The average molecular weight is 368 g/mol. The van der Waals surface area contributed by atoms with E-state index in [9.17, 15) is 4.79 Å². The van der Waals surface area contributed by atoms with Gasteiger partial charge in [0.1, 0.15) is 0 Å². The van der Waals surface area contributed by atoms with Crippen molar-refractivity contribution in [3.05, 3.63) is 56.4 Å². The molecule has 1 aromatic carbocycles. The van der Waals surface area contributed by atoms with Gasteiger partial charge < -0.3 is 5.73 Å². The minimum atomic E-state index is -0.0457. The highest BCUT2D eigenvalue weighted by molar-refractivity contribution is 9.10. The van der Waals surface area contributed by atoms with E-state index in [2.05, 4.69) is 20.9 Å². The van der Waals surface area contributed by atoms with E-state index >= 15 is 0 Å². The van der Waals surface area contributed by atoms with Crippen molar-refractivity contribution >= 4 is 49.7 Å². The number of rotatable bonds is 3. The van der Waals surface area contributed by atoms with Crippen molar-refractivity contribution in [2.24, 2.45) is 0 Å². The Labute approximate surface area is 131 Å². The topological polar surface area (TPSA) is 60.4 Å². The lowest BCUT2D eigenvalue weighted by molar-refractivity contribution is 1.04. The van der Waals surface area contributed by atoms with E-state index in [-0.39, 0.29) is 5.56 Å². The normalized spacial score (nSPS) is 11.1. The first kappa shape index (κ1) is 13.7. The number of anilines is 1. The largest absolute Gasteiger partial charge is 0.398 e. The standard InChI is InChI=1S/C13H10BrN3OS2/c14-8-1-2-11(10(15)5-8)20-7-9-6-12(18)17-3-4-19-13(17)16-9/h1-6H,7,15H2. The number of hydrogen-bond acceptors (Lipinski definition) is 5. The van der Waals surface area contributed by atoms with Gasteiger partial charge >= 0.3 is 0 Å². The first-order valence-electron chi connectivity index (χ1n) is 5.77. The van der Waals surface area contributed by atoms with Crippen LogP contribution in [0.25, 0.3) is 4.96 Å². The van der Waals surface area contributed by atoms with Gasteiger partial charge in [0, 0.05) is 38.5 Å². The third-order valence-corrected chi connectivity index (χ3v) is 5.08. The van der Waals surface area contributed by atoms with Gasteiger partial charge in [-0.1, -0.05) is 15.9 Å². The zero-order valence-corrected chi connectivity index (χ0v) is 13.5. The van der Waals surface area contributed by atoms with Crippen molar-refractivity contribution in [1.29, 1.82) is 0 Å². The van der Waals surface area contributed by atoms with Gasteiger partial charge in [-0.2, -0.15) is 0 Å². The lowest BCUT2D eigenvalue weighted by Gasteiger charge is -2.05. The Morgan fingerprint density at radius 2 is 2.25 bits per heavy atom. The molecule has 0 aliphatic rings. The molecule has 2 N–H and O–H groups in total. The summed E-state index contributed by atoms with van der Waals surface area (Å²) >= 11 is 6.41. The van der Waals surface area contributed by atoms with Crippen LogP contribution >= 0.6 is 39.0 Å². The number of nitrogens with two attached hydrogens (primary N) is 1. The van der Waals surface area contributed by atoms with Crippen LogP contribution in [0.4, 0.5) is 5.69 Å². The number of nitrogen functional groups attached to an aromatic ring is 1. The lowest BCUT2D eigenvalue weighted by Crippen LogP contribution is -2.12. The fourth-order valence-electron chi connectivity index (χ4n) is 1.76. The van der Waals surface area contributed by atoms with Gasteiger partial charge in [0.05, 0.1) is 5.69 Å². The van der Waals surface area contributed by atoms with E-state index < -0.39 is 0 Å².